The number of carbonyl (C=O) groups excluding carboxylic acids is 1. The molecule has 0 bridgehead atoms. The number of hydrogen-bond donors (Lipinski definition) is 2. The van der Waals surface area contributed by atoms with Crippen molar-refractivity contribution in [3.8, 4) is 5.69 Å². The summed E-state index contributed by atoms with van der Waals surface area (Å²) in [6, 6.07) is 5.66. The van der Waals surface area contributed by atoms with Crippen LogP contribution in [0.3, 0.4) is 0 Å². The van der Waals surface area contributed by atoms with Crippen molar-refractivity contribution in [2.75, 3.05) is 0 Å². The quantitative estimate of drug-likeness (QED) is 0.720. The molecule has 0 radical (unpaired) electrons. The van der Waals surface area contributed by atoms with Crippen molar-refractivity contribution < 1.29 is 14.7 Å². The smallest absolute Gasteiger partial charge is 0.303 e. The van der Waals surface area contributed by atoms with Crippen LogP contribution in [0.5, 0.6) is 0 Å². The van der Waals surface area contributed by atoms with E-state index in [4.69, 9.17) is 21.8 Å². The van der Waals surface area contributed by atoms with Crippen LogP contribution in [0.15, 0.2) is 30.4 Å². The fraction of sp³-hybridized carbons (Fsp3) is 0.381. The fourth-order valence-electron chi connectivity index (χ4n) is 3.80. The summed E-state index contributed by atoms with van der Waals surface area (Å²) >= 11 is 6.08. The van der Waals surface area contributed by atoms with Gasteiger partial charge in [-0.15, -0.1) is 0 Å². The molecule has 2 atom stereocenters. The van der Waals surface area contributed by atoms with E-state index in [1.54, 1.807) is 0 Å². The Bertz CT molecular complexity index is 949. The Morgan fingerprint density at radius 2 is 2.00 bits per heavy atom. The number of aliphatic carboxylic acids is 1. The molecule has 1 aliphatic carbocycles. The van der Waals surface area contributed by atoms with Crippen LogP contribution >= 0.6 is 11.6 Å². The van der Waals surface area contributed by atoms with Crippen LogP contribution in [-0.2, 0) is 9.59 Å². The predicted octanol–water partition coefficient (Wildman–Crippen LogP) is 3.84. The second-order valence-electron chi connectivity index (χ2n) is 7.22. The number of allylic oxidation sites excluding steroid dienone is 1. The van der Waals surface area contributed by atoms with E-state index in [9.17, 15) is 9.59 Å². The number of aryl methyl sites for hydroxylation is 2. The van der Waals surface area contributed by atoms with Crippen molar-refractivity contribution in [2.45, 2.75) is 52.0 Å². The van der Waals surface area contributed by atoms with Crippen molar-refractivity contribution in [1.82, 2.24) is 15.1 Å². The number of nitrogens with one attached hydrogen (secondary N) is 1. The Balaban J connectivity index is 1.75. The standard InChI is InChI=1S/C21H24ClN3O3/c1-12-10-16(22)5-7-18(12)25-14(3)21(13(2)24-25)15-4-6-17(11-15)23-19(26)8-9-20(27)28/h4-7,10,15,17H,8-9,11H2,1-3H3,(H,23,26)(H,27,28)/t15-,17-/m1/s1. The summed E-state index contributed by atoms with van der Waals surface area (Å²) in [7, 11) is 0. The summed E-state index contributed by atoms with van der Waals surface area (Å²) in [6.45, 7) is 6.06. The molecule has 0 saturated carbocycles. The molecule has 148 valence electrons. The van der Waals surface area contributed by atoms with Gasteiger partial charge in [-0.25, -0.2) is 4.68 Å². The molecule has 0 saturated heterocycles. The Kier molecular flexibility index (Phi) is 5.89. The number of halogens is 1. The normalized spacial score (nSPS) is 18.4. The molecular formula is C21H24ClN3O3. The minimum Gasteiger partial charge on any atom is -0.481 e. The number of carboxylic acid groups (broad SMARTS) is 1. The lowest BCUT2D eigenvalue weighted by Crippen LogP contribution is -2.32. The van der Waals surface area contributed by atoms with Gasteiger partial charge in [0.1, 0.15) is 0 Å². The lowest BCUT2D eigenvalue weighted by atomic mass is 9.95. The number of aromatic nitrogens is 2. The van der Waals surface area contributed by atoms with E-state index in [-0.39, 0.29) is 30.7 Å². The average Bonchev–Trinajstić information content (AvgIpc) is 3.17. The molecule has 2 N–H and O–H groups in total. The zero-order chi connectivity index (χ0) is 20.4. The predicted molar refractivity (Wildman–Crippen MR) is 108 cm³/mol. The van der Waals surface area contributed by atoms with E-state index >= 15 is 0 Å². The third-order valence-corrected chi connectivity index (χ3v) is 5.34. The highest BCUT2D eigenvalue weighted by atomic mass is 35.5. The number of rotatable bonds is 6. The van der Waals surface area contributed by atoms with Crippen LogP contribution < -0.4 is 5.32 Å². The second-order valence-corrected chi connectivity index (χ2v) is 7.66. The van der Waals surface area contributed by atoms with Gasteiger partial charge in [0, 0.05) is 34.7 Å². The fourth-order valence-corrected chi connectivity index (χ4v) is 4.03. The van der Waals surface area contributed by atoms with Crippen molar-refractivity contribution in [2.24, 2.45) is 0 Å². The summed E-state index contributed by atoms with van der Waals surface area (Å²) in [5.74, 6) is -1.05. The monoisotopic (exact) mass is 401 g/mol. The molecule has 7 heteroatoms. The largest absolute Gasteiger partial charge is 0.481 e. The molecule has 0 unspecified atom stereocenters. The van der Waals surface area contributed by atoms with Gasteiger partial charge in [-0.3, -0.25) is 9.59 Å². The number of hydrogen-bond acceptors (Lipinski definition) is 3. The first-order valence-electron chi connectivity index (χ1n) is 9.28. The molecule has 28 heavy (non-hydrogen) atoms. The number of nitrogens with zero attached hydrogens (tertiary/aromatic N) is 2. The molecule has 3 rings (SSSR count). The van der Waals surface area contributed by atoms with E-state index in [1.807, 2.05) is 42.8 Å². The highest BCUT2D eigenvalue weighted by molar-refractivity contribution is 6.30. The molecule has 1 aromatic heterocycles. The first kappa shape index (κ1) is 20.1. The van der Waals surface area contributed by atoms with Crippen molar-refractivity contribution in [1.29, 1.82) is 0 Å². The molecule has 1 aromatic carbocycles. The van der Waals surface area contributed by atoms with Gasteiger partial charge in [0.15, 0.2) is 0 Å². The van der Waals surface area contributed by atoms with E-state index < -0.39 is 5.97 Å². The minimum absolute atomic E-state index is 0.00380. The summed E-state index contributed by atoms with van der Waals surface area (Å²) in [5, 5.41) is 17.0. The first-order chi connectivity index (χ1) is 13.3. The molecule has 0 fully saturated rings. The lowest BCUT2D eigenvalue weighted by molar-refractivity contribution is -0.138. The Labute approximate surface area is 169 Å². The van der Waals surface area contributed by atoms with Crippen LogP contribution in [0.4, 0.5) is 0 Å². The molecular weight excluding hydrogens is 378 g/mol. The SMILES string of the molecule is Cc1cc(Cl)ccc1-n1nc(C)c([C@@H]2C=C[C@@H](NC(=O)CCC(=O)O)C2)c1C. The summed E-state index contributed by atoms with van der Waals surface area (Å²) < 4.78 is 1.95. The number of amides is 1. The van der Waals surface area contributed by atoms with Crippen molar-refractivity contribution >= 4 is 23.5 Å². The van der Waals surface area contributed by atoms with Crippen molar-refractivity contribution in [3.63, 3.8) is 0 Å². The van der Waals surface area contributed by atoms with Crippen LogP contribution in [0.25, 0.3) is 5.69 Å². The van der Waals surface area contributed by atoms with Crippen LogP contribution in [0.1, 0.15) is 47.7 Å². The van der Waals surface area contributed by atoms with E-state index in [1.165, 1.54) is 0 Å². The Morgan fingerprint density at radius 1 is 1.25 bits per heavy atom. The van der Waals surface area contributed by atoms with Gasteiger partial charge in [0.05, 0.1) is 17.8 Å². The molecule has 1 amide bonds. The van der Waals surface area contributed by atoms with Gasteiger partial charge >= 0.3 is 5.97 Å². The zero-order valence-corrected chi connectivity index (χ0v) is 17.0. The van der Waals surface area contributed by atoms with E-state index in [2.05, 4.69) is 18.3 Å². The van der Waals surface area contributed by atoms with Gasteiger partial charge in [0.25, 0.3) is 0 Å². The zero-order valence-electron chi connectivity index (χ0n) is 16.2. The number of carboxylic acids is 1. The number of benzene rings is 1. The molecule has 1 aliphatic rings. The Hall–Kier alpha value is -2.60. The summed E-state index contributed by atoms with van der Waals surface area (Å²) in [5.41, 5.74) is 5.23. The van der Waals surface area contributed by atoms with E-state index in [0.717, 1.165) is 34.6 Å². The van der Waals surface area contributed by atoms with Crippen LogP contribution in [0.2, 0.25) is 5.02 Å². The topological polar surface area (TPSA) is 84.2 Å². The highest BCUT2D eigenvalue weighted by Crippen LogP contribution is 2.34. The molecule has 0 spiro atoms. The van der Waals surface area contributed by atoms with Gasteiger partial charge in [-0.05, 0) is 51.0 Å². The molecule has 0 aliphatic heterocycles. The number of carbonyl (C=O) groups is 2. The lowest BCUT2D eigenvalue weighted by Gasteiger charge is -2.15. The minimum atomic E-state index is -0.967. The van der Waals surface area contributed by atoms with Crippen LogP contribution in [-0.4, -0.2) is 32.8 Å². The van der Waals surface area contributed by atoms with Crippen LogP contribution in [0, 0.1) is 20.8 Å². The molecule has 1 heterocycles. The van der Waals surface area contributed by atoms with Gasteiger partial charge in [-0.2, -0.15) is 5.10 Å². The maximum Gasteiger partial charge on any atom is 0.303 e. The maximum atomic E-state index is 11.9. The highest BCUT2D eigenvalue weighted by Gasteiger charge is 2.27. The first-order valence-corrected chi connectivity index (χ1v) is 9.66. The third-order valence-electron chi connectivity index (χ3n) is 5.10. The maximum absolute atomic E-state index is 11.9. The third kappa shape index (κ3) is 4.28. The summed E-state index contributed by atoms with van der Waals surface area (Å²) in [4.78, 5) is 22.5. The van der Waals surface area contributed by atoms with E-state index in [0.29, 0.717) is 5.02 Å². The van der Waals surface area contributed by atoms with Gasteiger partial charge in [-0.1, -0.05) is 23.8 Å². The van der Waals surface area contributed by atoms with Gasteiger partial charge in [0.2, 0.25) is 5.91 Å². The molecule has 2 aromatic rings. The summed E-state index contributed by atoms with van der Waals surface area (Å²) in [6.07, 6.45) is 4.66. The Morgan fingerprint density at radius 3 is 2.68 bits per heavy atom. The average molecular weight is 402 g/mol. The van der Waals surface area contributed by atoms with Gasteiger partial charge < -0.3 is 10.4 Å². The molecule has 6 nitrogen and oxygen atoms in total. The second kappa shape index (κ2) is 8.19. The van der Waals surface area contributed by atoms with Crippen molar-refractivity contribution in [3.05, 3.63) is 57.9 Å².